The number of amides is 4. The molecule has 0 bridgehead atoms. The second-order valence-corrected chi connectivity index (χ2v) is 7.73. The highest BCUT2D eigenvalue weighted by Gasteiger charge is 2.28. The average Bonchev–Trinajstić information content (AvgIpc) is 2.76. The first-order valence-corrected chi connectivity index (χ1v) is 10.3. The summed E-state index contributed by atoms with van der Waals surface area (Å²) in [5.41, 5.74) is 7.61. The van der Waals surface area contributed by atoms with Crippen molar-refractivity contribution >= 4 is 23.5 Å². The summed E-state index contributed by atoms with van der Waals surface area (Å²) < 4.78 is 5.49. The van der Waals surface area contributed by atoms with E-state index >= 15 is 0 Å². The van der Waals surface area contributed by atoms with Crippen LogP contribution in [0.3, 0.4) is 0 Å². The molecular weight excluding hydrogens is 396 g/mol. The number of carbonyl (C=O) groups excluding carboxylic acids is 3. The minimum Gasteiger partial charge on any atom is -0.484 e. The molecule has 2 aromatic rings. The molecule has 1 fully saturated rings. The number of aryl methyl sites for hydroxylation is 2. The molecule has 2 aromatic carbocycles. The maximum Gasteiger partial charge on any atom is 0.321 e. The maximum atomic E-state index is 12.5. The Labute approximate surface area is 181 Å². The Morgan fingerprint density at radius 1 is 1.03 bits per heavy atom. The van der Waals surface area contributed by atoms with Crippen LogP contribution in [0, 0.1) is 19.8 Å². The fourth-order valence-corrected chi connectivity index (χ4v) is 3.53. The SMILES string of the molecule is Cc1cc(C)cc(OCC(=O)NNC(=O)[C@H]2CCCN(C(=O)Nc3ccccc3)C2)c1. The Kier molecular flexibility index (Phi) is 7.48. The van der Waals surface area contributed by atoms with Gasteiger partial charge in [0, 0.05) is 18.8 Å². The van der Waals surface area contributed by atoms with Gasteiger partial charge in [0.15, 0.2) is 6.61 Å². The molecule has 1 saturated heterocycles. The minimum absolute atomic E-state index is 0.209. The normalized spacial score (nSPS) is 15.7. The van der Waals surface area contributed by atoms with Crippen molar-refractivity contribution in [3.05, 3.63) is 59.7 Å². The van der Waals surface area contributed by atoms with E-state index in [0.29, 0.717) is 37.4 Å². The number of hydrogen-bond donors (Lipinski definition) is 3. The fraction of sp³-hybridized carbons (Fsp3) is 0.348. The molecule has 8 nitrogen and oxygen atoms in total. The van der Waals surface area contributed by atoms with Crippen molar-refractivity contribution in [2.75, 3.05) is 25.0 Å². The van der Waals surface area contributed by atoms with E-state index in [1.165, 1.54) is 0 Å². The van der Waals surface area contributed by atoms with Crippen LogP contribution in [0.5, 0.6) is 5.75 Å². The van der Waals surface area contributed by atoms with Gasteiger partial charge in [-0.05, 0) is 62.1 Å². The topological polar surface area (TPSA) is 99.8 Å². The first-order chi connectivity index (χ1) is 14.9. The molecule has 1 heterocycles. The Hall–Kier alpha value is -3.55. The lowest BCUT2D eigenvalue weighted by molar-refractivity contribution is -0.132. The van der Waals surface area contributed by atoms with Crippen molar-refractivity contribution in [3.63, 3.8) is 0 Å². The molecule has 3 N–H and O–H groups in total. The smallest absolute Gasteiger partial charge is 0.321 e. The van der Waals surface area contributed by atoms with Gasteiger partial charge >= 0.3 is 6.03 Å². The van der Waals surface area contributed by atoms with Crippen LogP contribution in [0.4, 0.5) is 10.5 Å². The van der Waals surface area contributed by atoms with Gasteiger partial charge in [-0.15, -0.1) is 0 Å². The van der Waals surface area contributed by atoms with E-state index in [1.807, 2.05) is 62.4 Å². The lowest BCUT2D eigenvalue weighted by atomic mass is 9.98. The summed E-state index contributed by atoms with van der Waals surface area (Å²) in [6.07, 6.45) is 1.36. The van der Waals surface area contributed by atoms with E-state index in [4.69, 9.17) is 4.74 Å². The van der Waals surface area contributed by atoms with Crippen LogP contribution in [0.15, 0.2) is 48.5 Å². The zero-order chi connectivity index (χ0) is 22.2. The molecule has 0 saturated carbocycles. The monoisotopic (exact) mass is 424 g/mol. The molecule has 0 spiro atoms. The largest absolute Gasteiger partial charge is 0.484 e. The van der Waals surface area contributed by atoms with E-state index in [-0.39, 0.29) is 18.5 Å². The first-order valence-electron chi connectivity index (χ1n) is 10.3. The summed E-state index contributed by atoms with van der Waals surface area (Å²) in [6.45, 7) is 4.57. The number of nitrogens with one attached hydrogen (secondary N) is 3. The van der Waals surface area contributed by atoms with Crippen LogP contribution >= 0.6 is 0 Å². The third-order valence-electron chi connectivity index (χ3n) is 4.99. The van der Waals surface area contributed by atoms with Crippen LogP contribution in [0.25, 0.3) is 0 Å². The lowest BCUT2D eigenvalue weighted by Gasteiger charge is -2.32. The summed E-state index contributed by atoms with van der Waals surface area (Å²) >= 11 is 0. The number of para-hydroxylation sites is 1. The van der Waals surface area contributed by atoms with Crippen LogP contribution in [-0.2, 0) is 9.59 Å². The van der Waals surface area contributed by atoms with Gasteiger partial charge < -0.3 is 15.0 Å². The summed E-state index contributed by atoms with van der Waals surface area (Å²) in [4.78, 5) is 38.6. The van der Waals surface area contributed by atoms with Gasteiger partial charge in [0.1, 0.15) is 5.75 Å². The summed E-state index contributed by atoms with van der Waals surface area (Å²) in [5, 5.41) is 2.83. The van der Waals surface area contributed by atoms with Gasteiger partial charge in [0.2, 0.25) is 5.91 Å². The predicted octanol–water partition coefficient (Wildman–Crippen LogP) is 2.77. The molecule has 0 aliphatic carbocycles. The standard InChI is InChI=1S/C23H28N4O4/c1-16-11-17(2)13-20(12-16)31-15-21(28)25-26-22(29)18-7-6-10-27(14-18)23(30)24-19-8-4-3-5-9-19/h3-5,8-9,11-13,18H,6-7,10,14-15H2,1-2H3,(H,24,30)(H,25,28)(H,26,29)/t18-/m0/s1. The van der Waals surface area contributed by atoms with Crippen molar-refractivity contribution in [2.24, 2.45) is 5.92 Å². The number of piperidine rings is 1. The van der Waals surface area contributed by atoms with Gasteiger partial charge in [-0.3, -0.25) is 20.4 Å². The molecule has 4 amide bonds. The zero-order valence-corrected chi connectivity index (χ0v) is 17.8. The average molecular weight is 425 g/mol. The van der Waals surface area contributed by atoms with Crippen molar-refractivity contribution < 1.29 is 19.1 Å². The quantitative estimate of drug-likeness (QED) is 0.643. The van der Waals surface area contributed by atoms with Crippen molar-refractivity contribution in [2.45, 2.75) is 26.7 Å². The predicted molar refractivity (Wildman–Crippen MR) is 117 cm³/mol. The number of nitrogens with zero attached hydrogens (tertiary/aromatic N) is 1. The zero-order valence-electron chi connectivity index (χ0n) is 17.8. The molecule has 1 aliphatic rings. The summed E-state index contributed by atoms with van der Waals surface area (Å²) in [7, 11) is 0. The van der Waals surface area contributed by atoms with Crippen molar-refractivity contribution in [1.29, 1.82) is 0 Å². The van der Waals surface area contributed by atoms with E-state index in [0.717, 1.165) is 11.1 Å². The highest BCUT2D eigenvalue weighted by Crippen LogP contribution is 2.18. The number of anilines is 1. The lowest BCUT2D eigenvalue weighted by Crippen LogP contribution is -2.51. The van der Waals surface area contributed by atoms with Crippen LogP contribution in [-0.4, -0.2) is 42.4 Å². The van der Waals surface area contributed by atoms with Gasteiger partial charge in [-0.2, -0.15) is 0 Å². The minimum atomic E-state index is -0.456. The van der Waals surface area contributed by atoms with Crippen LogP contribution in [0.2, 0.25) is 0 Å². The first kappa shape index (κ1) is 22.1. The van der Waals surface area contributed by atoms with E-state index < -0.39 is 11.8 Å². The van der Waals surface area contributed by atoms with Crippen molar-refractivity contribution in [1.82, 2.24) is 15.8 Å². The van der Waals surface area contributed by atoms with Gasteiger partial charge in [0.25, 0.3) is 5.91 Å². The molecule has 1 atom stereocenters. The molecule has 1 aliphatic heterocycles. The van der Waals surface area contributed by atoms with E-state index in [2.05, 4.69) is 16.2 Å². The molecule has 0 unspecified atom stereocenters. The fourth-order valence-electron chi connectivity index (χ4n) is 3.53. The second kappa shape index (κ2) is 10.5. The second-order valence-electron chi connectivity index (χ2n) is 7.73. The number of hydrazine groups is 1. The number of ether oxygens (including phenoxy) is 1. The third kappa shape index (κ3) is 6.74. The van der Waals surface area contributed by atoms with Gasteiger partial charge in [0.05, 0.1) is 5.92 Å². The van der Waals surface area contributed by atoms with Crippen LogP contribution in [0.1, 0.15) is 24.0 Å². The number of likely N-dealkylation sites (tertiary alicyclic amines) is 1. The van der Waals surface area contributed by atoms with E-state index in [9.17, 15) is 14.4 Å². The molecule has 0 aromatic heterocycles. The molecular formula is C23H28N4O4. The number of benzene rings is 2. The highest BCUT2D eigenvalue weighted by atomic mass is 16.5. The van der Waals surface area contributed by atoms with E-state index in [1.54, 1.807) is 4.90 Å². The van der Waals surface area contributed by atoms with Gasteiger partial charge in [-0.1, -0.05) is 24.3 Å². The Bertz CT molecular complexity index is 912. The summed E-state index contributed by atoms with van der Waals surface area (Å²) in [5.74, 6) is -0.568. The summed E-state index contributed by atoms with van der Waals surface area (Å²) in [6, 6.07) is 14.6. The van der Waals surface area contributed by atoms with Crippen molar-refractivity contribution in [3.8, 4) is 5.75 Å². The number of urea groups is 1. The highest BCUT2D eigenvalue weighted by molar-refractivity contribution is 5.90. The molecule has 164 valence electrons. The number of carbonyl (C=O) groups is 3. The molecule has 31 heavy (non-hydrogen) atoms. The molecule has 3 rings (SSSR count). The Morgan fingerprint density at radius 3 is 2.45 bits per heavy atom. The third-order valence-corrected chi connectivity index (χ3v) is 4.99. The Morgan fingerprint density at radius 2 is 1.74 bits per heavy atom. The maximum absolute atomic E-state index is 12.5. The molecule has 0 radical (unpaired) electrons. The number of rotatable bonds is 5. The Balaban J connectivity index is 1.43. The van der Waals surface area contributed by atoms with Gasteiger partial charge in [-0.25, -0.2) is 4.79 Å². The van der Waals surface area contributed by atoms with Crippen LogP contribution < -0.4 is 20.9 Å². The molecule has 8 heteroatoms. The number of hydrogen-bond acceptors (Lipinski definition) is 4.